The molecule has 0 radical (unpaired) electrons. The third-order valence-electron chi connectivity index (χ3n) is 3.98. The van der Waals surface area contributed by atoms with E-state index >= 15 is 4.11 Å². The maximum atomic E-state index is 15.7. The highest BCUT2D eigenvalue weighted by Crippen LogP contribution is 2.51. The van der Waals surface area contributed by atoms with Gasteiger partial charge in [-0.15, -0.1) is 0 Å². The lowest BCUT2D eigenvalue weighted by Gasteiger charge is -2.40. The van der Waals surface area contributed by atoms with Gasteiger partial charge in [-0.1, -0.05) is 73.8 Å². The van der Waals surface area contributed by atoms with E-state index < -0.39 is 18.5 Å². The summed E-state index contributed by atoms with van der Waals surface area (Å²) in [5.74, 6) is 3.05. The number of aromatic nitrogens is 1. The van der Waals surface area contributed by atoms with Crippen LogP contribution in [0.2, 0.25) is 10.1 Å². The van der Waals surface area contributed by atoms with Gasteiger partial charge in [-0.2, -0.15) is 0 Å². The third kappa shape index (κ3) is 3.98. The van der Waals surface area contributed by atoms with Crippen molar-refractivity contribution in [2.24, 2.45) is 0 Å². The van der Waals surface area contributed by atoms with Gasteiger partial charge in [-0.05, 0) is 22.2 Å². The number of hydrogen-bond donors (Lipinski definition) is 0. The Balaban J connectivity index is 3.21. The Bertz CT molecular complexity index is 558. The van der Waals surface area contributed by atoms with Gasteiger partial charge in [-0.3, -0.25) is 9.09 Å². The van der Waals surface area contributed by atoms with Crippen molar-refractivity contribution in [2.45, 2.75) is 77.8 Å². The topological polar surface area (TPSA) is 12.9 Å². The molecule has 1 aromatic rings. The number of hydrogen-bond acceptors (Lipinski definition) is 1. The molecule has 0 aliphatic heterocycles. The smallest absolute Gasteiger partial charge is 0.296 e. The number of pyridine rings is 1. The fourth-order valence-corrected chi connectivity index (χ4v) is 5.89. The molecule has 0 atom stereocenters. The van der Waals surface area contributed by atoms with Gasteiger partial charge in [0.05, 0.1) is 0 Å². The standard InChI is InChI=1S/C19H30FNSi/c1-17(2,3)16-11-10-15(14-21-16)12-13-22(20,18(4,5)6)19(7,8)9/h10-11,14H,1-9H3. The fraction of sp³-hybridized carbons (Fsp3) is 0.632. The monoisotopic (exact) mass is 319 g/mol. The second-order valence-corrected chi connectivity index (χ2v) is 13.7. The molecule has 1 nitrogen and oxygen atoms in total. The van der Waals surface area contributed by atoms with Gasteiger partial charge in [0.1, 0.15) is 0 Å². The first-order valence-corrected chi connectivity index (χ1v) is 9.75. The molecule has 1 rings (SSSR count). The molecule has 1 aromatic heterocycles. The van der Waals surface area contributed by atoms with Gasteiger partial charge >= 0.3 is 8.41 Å². The Morgan fingerprint density at radius 2 is 1.41 bits per heavy atom. The SMILES string of the molecule is CC(C)(C)c1ccc(C#C[Si](F)(C(C)(C)C)C(C)(C)C)cn1. The van der Waals surface area contributed by atoms with Crippen molar-refractivity contribution in [3.8, 4) is 11.5 Å². The lowest BCUT2D eigenvalue weighted by molar-refractivity contribution is 0.537. The first kappa shape index (κ1) is 18.9. The van der Waals surface area contributed by atoms with Gasteiger partial charge in [0.2, 0.25) is 0 Å². The summed E-state index contributed by atoms with van der Waals surface area (Å²) in [4.78, 5) is 4.47. The molecule has 0 amide bonds. The predicted molar refractivity (Wildman–Crippen MR) is 96.1 cm³/mol. The molecule has 22 heavy (non-hydrogen) atoms. The molecule has 0 aliphatic rings. The lowest BCUT2D eigenvalue weighted by atomic mass is 9.91. The Morgan fingerprint density at radius 1 is 0.909 bits per heavy atom. The Morgan fingerprint density at radius 3 is 1.73 bits per heavy atom. The van der Waals surface area contributed by atoms with Gasteiger partial charge in [0, 0.05) is 22.9 Å². The average molecular weight is 320 g/mol. The summed E-state index contributed by atoms with van der Waals surface area (Å²) < 4.78 is 15.7. The van der Waals surface area contributed by atoms with Gasteiger partial charge in [0.25, 0.3) is 0 Å². The predicted octanol–water partition coefficient (Wildman–Crippen LogP) is 5.79. The van der Waals surface area contributed by atoms with E-state index in [1.807, 2.05) is 53.7 Å². The third-order valence-corrected chi connectivity index (χ3v) is 8.58. The number of rotatable bonds is 0. The Hall–Kier alpha value is -1.14. The van der Waals surface area contributed by atoms with Crippen LogP contribution in [0.1, 0.15) is 73.6 Å². The molecule has 3 heteroatoms. The van der Waals surface area contributed by atoms with Crippen LogP contribution in [0.4, 0.5) is 4.11 Å². The lowest BCUT2D eigenvalue weighted by Crippen LogP contribution is -2.47. The van der Waals surface area contributed by atoms with E-state index in [1.165, 1.54) is 0 Å². The first-order valence-electron chi connectivity index (χ1n) is 7.87. The zero-order valence-corrected chi connectivity index (χ0v) is 16.6. The van der Waals surface area contributed by atoms with Gasteiger partial charge in [0.15, 0.2) is 0 Å². The van der Waals surface area contributed by atoms with Crippen molar-refractivity contribution in [3.63, 3.8) is 0 Å². The highest BCUT2D eigenvalue weighted by molar-refractivity contribution is 6.86. The van der Waals surface area contributed by atoms with Crippen LogP contribution < -0.4 is 0 Å². The molecule has 0 bridgehead atoms. The van der Waals surface area contributed by atoms with Crippen molar-refractivity contribution in [1.82, 2.24) is 4.98 Å². The molecular weight excluding hydrogens is 289 g/mol. The van der Waals surface area contributed by atoms with E-state index in [-0.39, 0.29) is 5.41 Å². The van der Waals surface area contributed by atoms with E-state index in [1.54, 1.807) is 6.20 Å². The van der Waals surface area contributed by atoms with E-state index in [0.717, 1.165) is 11.3 Å². The summed E-state index contributed by atoms with van der Waals surface area (Å²) in [5, 5.41) is -0.839. The van der Waals surface area contributed by atoms with Crippen molar-refractivity contribution >= 4 is 8.41 Å². The van der Waals surface area contributed by atoms with Crippen LogP contribution in [0.3, 0.4) is 0 Å². The summed E-state index contributed by atoms with van der Waals surface area (Å²) in [7, 11) is -3.27. The molecular formula is C19H30FNSi. The zero-order valence-electron chi connectivity index (χ0n) is 15.6. The Labute approximate surface area is 136 Å². The molecule has 0 N–H and O–H groups in total. The molecule has 0 unspecified atom stereocenters. The number of nitrogens with zero attached hydrogens (tertiary/aromatic N) is 1. The van der Waals surface area contributed by atoms with Crippen LogP contribution >= 0.6 is 0 Å². The van der Waals surface area contributed by atoms with Crippen molar-refractivity contribution in [2.75, 3.05) is 0 Å². The highest BCUT2D eigenvalue weighted by Gasteiger charge is 2.54. The van der Waals surface area contributed by atoms with Crippen LogP contribution in [-0.2, 0) is 5.41 Å². The van der Waals surface area contributed by atoms with Crippen LogP contribution in [0.15, 0.2) is 18.3 Å². The summed E-state index contributed by atoms with van der Waals surface area (Å²) in [6.45, 7) is 18.1. The highest BCUT2D eigenvalue weighted by atomic mass is 28.4. The van der Waals surface area contributed by atoms with Gasteiger partial charge < -0.3 is 0 Å². The molecule has 0 fully saturated rings. The molecule has 0 spiro atoms. The minimum atomic E-state index is -3.27. The van der Waals surface area contributed by atoms with Crippen molar-refractivity contribution in [1.29, 1.82) is 0 Å². The Kier molecular flexibility index (Phi) is 4.99. The van der Waals surface area contributed by atoms with Crippen LogP contribution in [-0.4, -0.2) is 13.4 Å². The average Bonchev–Trinajstić information content (AvgIpc) is 2.32. The van der Waals surface area contributed by atoms with E-state index in [4.69, 9.17) is 0 Å². The molecule has 1 heterocycles. The van der Waals surface area contributed by atoms with Crippen molar-refractivity contribution < 1.29 is 4.11 Å². The van der Waals surface area contributed by atoms with Crippen LogP contribution in [0.5, 0.6) is 0 Å². The largest absolute Gasteiger partial charge is 0.333 e. The summed E-state index contributed by atoms with van der Waals surface area (Å²) in [5.41, 5.74) is 4.86. The minimum Gasteiger partial charge on any atom is -0.296 e. The van der Waals surface area contributed by atoms with E-state index in [2.05, 4.69) is 37.2 Å². The zero-order chi connectivity index (χ0) is 17.4. The second kappa shape index (κ2) is 5.81. The molecule has 0 saturated heterocycles. The summed E-state index contributed by atoms with van der Waals surface area (Å²) >= 11 is 0. The van der Waals surface area contributed by atoms with Crippen LogP contribution in [0, 0.1) is 11.5 Å². The normalized spacial score (nSPS) is 13.5. The second-order valence-electron chi connectivity index (χ2n) is 9.09. The quantitative estimate of drug-likeness (QED) is 0.335. The molecule has 122 valence electrons. The summed E-state index contributed by atoms with van der Waals surface area (Å²) in [6.07, 6.45) is 1.76. The van der Waals surface area contributed by atoms with Crippen molar-refractivity contribution in [3.05, 3.63) is 29.6 Å². The number of halogens is 1. The maximum Gasteiger partial charge on any atom is 0.333 e. The molecule has 0 saturated carbocycles. The minimum absolute atomic E-state index is 0.0153. The van der Waals surface area contributed by atoms with Gasteiger partial charge in [-0.25, -0.2) is 0 Å². The maximum absolute atomic E-state index is 15.7. The molecule has 0 aliphatic carbocycles. The van der Waals surface area contributed by atoms with E-state index in [0.29, 0.717) is 0 Å². The van der Waals surface area contributed by atoms with Crippen LogP contribution in [0.25, 0.3) is 0 Å². The van der Waals surface area contributed by atoms with E-state index in [9.17, 15) is 0 Å². The summed E-state index contributed by atoms with van der Waals surface area (Å²) in [6, 6.07) is 3.93. The fourth-order valence-electron chi connectivity index (χ4n) is 2.57. The molecule has 0 aromatic carbocycles. The first-order chi connectivity index (χ1) is 9.68.